The molecule has 0 radical (unpaired) electrons. The second-order valence-corrected chi connectivity index (χ2v) is 3.81. The second-order valence-electron chi connectivity index (χ2n) is 2.96. The minimum atomic E-state index is -0.00534. The summed E-state index contributed by atoms with van der Waals surface area (Å²) in [5, 5.41) is 8.49. The number of carbonyl (C=O) groups is 1. The molecule has 4 nitrogen and oxygen atoms in total. The van der Waals surface area contributed by atoms with Gasteiger partial charge >= 0.3 is 0 Å². The third-order valence-electron chi connectivity index (χ3n) is 1.83. The van der Waals surface area contributed by atoms with Crippen LogP contribution in [0, 0.1) is 0 Å². The summed E-state index contributed by atoms with van der Waals surface area (Å²) in [4.78, 5) is 10.7. The van der Waals surface area contributed by atoms with Crippen molar-refractivity contribution in [2.45, 2.75) is 0 Å². The number of benzene rings is 1. The van der Waals surface area contributed by atoms with Crippen LogP contribution in [0.5, 0.6) is 5.75 Å². The van der Waals surface area contributed by atoms with Gasteiger partial charge in [-0.2, -0.15) is 0 Å². The van der Waals surface area contributed by atoms with E-state index >= 15 is 0 Å². The minimum Gasteiger partial charge on any atom is -0.489 e. The summed E-state index contributed by atoms with van der Waals surface area (Å²) < 4.78 is 11.2. The van der Waals surface area contributed by atoms with Gasteiger partial charge in [-0.3, -0.25) is 4.79 Å². The maximum absolute atomic E-state index is 10.7. The van der Waals surface area contributed by atoms with Gasteiger partial charge in [-0.15, -0.1) is 0 Å². The molecule has 1 aromatic rings. The Morgan fingerprint density at radius 2 is 2.12 bits per heavy atom. The smallest absolute Gasteiger partial charge is 0.153 e. The highest BCUT2D eigenvalue weighted by Crippen LogP contribution is 2.27. The molecule has 0 heterocycles. The van der Waals surface area contributed by atoms with E-state index in [0.717, 1.165) is 10.8 Å². The molecule has 1 aromatic carbocycles. The van der Waals surface area contributed by atoms with Gasteiger partial charge in [0.15, 0.2) is 6.29 Å². The lowest BCUT2D eigenvalue weighted by molar-refractivity contribution is 0.0701. The first-order chi connectivity index (χ1) is 7.79. The molecule has 5 heteroatoms. The number of halogens is 1. The van der Waals surface area contributed by atoms with Gasteiger partial charge in [0.05, 0.1) is 29.9 Å². The topological polar surface area (TPSA) is 55.8 Å². The first-order valence-electron chi connectivity index (χ1n) is 4.84. The maximum Gasteiger partial charge on any atom is 0.153 e. The fourth-order valence-corrected chi connectivity index (χ4v) is 1.64. The van der Waals surface area contributed by atoms with Crippen LogP contribution in [0.15, 0.2) is 22.7 Å². The Morgan fingerprint density at radius 1 is 1.31 bits per heavy atom. The van der Waals surface area contributed by atoms with Crippen LogP contribution in [0.4, 0.5) is 0 Å². The van der Waals surface area contributed by atoms with E-state index in [2.05, 4.69) is 15.9 Å². The fraction of sp³-hybridized carbons (Fsp3) is 0.364. The van der Waals surface area contributed by atoms with Crippen LogP contribution in [-0.2, 0) is 4.74 Å². The molecule has 1 rings (SSSR count). The van der Waals surface area contributed by atoms with Crippen LogP contribution in [0.1, 0.15) is 10.4 Å². The molecule has 0 fully saturated rings. The molecule has 0 saturated carbocycles. The van der Waals surface area contributed by atoms with Crippen molar-refractivity contribution in [3.63, 3.8) is 0 Å². The summed E-state index contributed by atoms with van der Waals surface area (Å²) in [6, 6.07) is 5.25. The van der Waals surface area contributed by atoms with Crippen molar-refractivity contribution >= 4 is 22.2 Å². The number of aliphatic hydroxyl groups excluding tert-OH is 1. The fourth-order valence-electron chi connectivity index (χ4n) is 1.14. The van der Waals surface area contributed by atoms with E-state index in [1.807, 2.05) is 0 Å². The molecule has 0 atom stereocenters. The van der Waals surface area contributed by atoms with Crippen molar-refractivity contribution in [1.29, 1.82) is 0 Å². The number of aldehydes is 1. The largest absolute Gasteiger partial charge is 0.489 e. The Hall–Kier alpha value is -0.910. The van der Waals surface area contributed by atoms with Crippen LogP contribution in [0.3, 0.4) is 0 Å². The lowest BCUT2D eigenvalue weighted by Gasteiger charge is -2.10. The van der Waals surface area contributed by atoms with Crippen molar-refractivity contribution in [2.75, 3.05) is 26.4 Å². The van der Waals surface area contributed by atoms with Crippen molar-refractivity contribution in [1.82, 2.24) is 0 Å². The Labute approximate surface area is 102 Å². The summed E-state index contributed by atoms with van der Waals surface area (Å²) >= 11 is 3.31. The molecule has 0 spiro atoms. The highest BCUT2D eigenvalue weighted by atomic mass is 79.9. The zero-order valence-electron chi connectivity index (χ0n) is 8.69. The minimum absolute atomic E-state index is 0.00534. The Kier molecular flexibility index (Phi) is 6.07. The molecule has 0 aliphatic carbocycles. The highest BCUT2D eigenvalue weighted by molar-refractivity contribution is 9.10. The Bertz CT molecular complexity index is 341. The molecule has 88 valence electrons. The average Bonchev–Trinajstić information content (AvgIpc) is 2.30. The average molecular weight is 289 g/mol. The van der Waals surface area contributed by atoms with Gasteiger partial charge in [-0.25, -0.2) is 0 Å². The third kappa shape index (κ3) is 3.92. The van der Waals surface area contributed by atoms with Crippen LogP contribution in [-0.4, -0.2) is 37.8 Å². The highest BCUT2D eigenvalue weighted by Gasteiger charge is 2.06. The van der Waals surface area contributed by atoms with Crippen molar-refractivity contribution in [2.24, 2.45) is 0 Å². The number of carbonyl (C=O) groups excluding carboxylic acids is 1. The van der Waals surface area contributed by atoms with Crippen molar-refractivity contribution in [3.05, 3.63) is 28.2 Å². The number of para-hydroxylation sites is 1. The summed E-state index contributed by atoms with van der Waals surface area (Å²) in [5.41, 5.74) is 0.497. The number of aliphatic hydroxyl groups is 1. The Morgan fingerprint density at radius 3 is 2.81 bits per heavy atom. The third-order valence-corrected chi connectivity index (χ3v) is 2.46. The van der Waals surface area contributed by atoms with Crippen LogP contribution >= 0.6 is 15.9 Å². The molecule has 0 unspecified atom stereocenters. The van der Waals surface area contributed by atoms with E-state index in [9.17, 15) is 4.79 Å². The molecule has 0 aliphatic rings. The quantitative estimate of drug-likeness (QED) is 0.612. The first-order valence-corrected chi connectivity index (χ1v) is 5.64. The molecule has 0 bridgehead atoms. The van der Waals surface area contributed by atoms with Gasteiger partial charge in [0.25, 0.3) is 0 Å². The SMILES string of the molecule is O=Cc1cccc(Br)c1OCCOCCO. The monoisotopic (exact) mass is 288 g/mol. The summed E-state index contributed by atoms with van der Waals surface area (Å²) in [6.45, 7) is 0.998. The van der Waals surface area contributed by atoms with Gasteiger partial charge in [0.2, 0.25) is 0 Å². The van der Waals surface area contributed by atoms with E-state index in [1.54, 1.807) is 18.2 Å². The number of hydrogen-bond acceptors (Lipinski definition) is 4. The van der Waals surface area contributed by atoms with Crippen molar-refractivity contribution in [3.8, 4) is 5.75 Å². The number of hydrogen-bond donors (Lipinski definition) is 1. The van der Waals surface area contributed by atoms with Crippen LogP contribution < -0.4 is 4.74 Å². The molecular formula is C11H13BrO4. The van der Waals surface area contributed by atoms with Gasteiger partial charge in [0, 0.05) is 0 Å². The van der Waals surface area contributed by atoms with Gasteiger partial charge < -0.3 is 14.6 Å². The molecule has 0 saturated heterocycles. The van der Waals surface area contributed by atoms with E-state index in [0.29, 0.717) is 31.1 Å². The van der Waals surface area contributed by atoms with E-state index in [4.69, 9.17) is 14.6 Å². The maximum atomic E-state index is 10.7. The van der Waals surface area contributed by atoms with Crippen LogP contribution in [0.25, 0.3) is 0 Å². The zero-order valence-corrected chi connectivity index (χ0v) is 10.3. The predicted molar refractivity (Wildman–Crippen MR) is 62.9 cm³/mol. The van der Waals surface area contributed by atoms with E-state index in [1.165, 1.54) is 0 Å². The molecule has 0 amide bonds. The standard InChI is InChI=1S/C11H13BrO4/c12-10-3-1-2-9(8-14)11(10)16-7-6-15-5-4-13/h1-3,8,13H,4-7H2. The lowest BCUT2D eigenvalue weighted by Crippen LogP contribution is -2.10. The van der Waals surface area contributed by atoms with E-state index in [-0.39, 0.29) is 6.61 Å². The van der Waals surface area contributed by atoms with E-state index < -0.39 is 0 Å². The normalized spacial score (nSPS) is 10.1. The molecule has 0 aromatic heterocycles. The lowest BCUT2D eigenvalue weighted by atomic mass is 10.2. The first kappa shape index (κ1) is 13.2. The molecule has 1 N–H and O–H groups in total. The molecule has 16 heavy (non-hydrogen) atoms. The summed E-state index contributed by atoms with van der Waals surface area (Å²) in [7, 11) is 0. The zero-order chi connectivity index (χ0) is 11.8. The predicted octanol–water partition coefficient (Wildman–Crippen LogP) is 1.65. The van der Waals surface area contributed by atoms with Gasteiger partial charge in [-0.05, 0) is 28.1 Å². The van der Waals surface area contributed by atoms with Gasteiger partial charge in [-0.1, -0.05) is 6.07 Å². The number of rotatable bonds is 7. The molecular weight excluding hydrogens is 276 g/mol. The number of ether oxygens (including phenoxy) is 2. The Balaban J connectivity index is 2.49. The van der Waals surface area contributed by atoms with Crippen molar-refractivity contribution < 1.29 is 19.4 Å². The van der Waals surface area contributed by atoms with Crippen LogP contribution in [0.2, 0.25) is 0 Å². The second kappa shape index (κ2) is 7.38. The summed E-state index contributed by atoms with van der Waals surface area (Å²) in [5.74, 6) is 0.519. The van der Waals surface area contributed by atoms with Gasteiger partial charge in [0.1, 0.15) is 12.4 Å². The summed E-state index contributed by atoms with van der Waals surface area (Å²) in [6.07, 6.45) is 0.745. The molecule has 0 aliphatic heterocycles.